The van der Waals surface area contributed by atoms with E-state index in [0.717, 1.165) is 15.4 Å². The van der Waals surface area contributed by atoms with E-state index in [-0.39, 0.29) is 23.7 Å². The first-order chi connectivity index (χ1) is 17.7. The van der Waals surface area contributed by atoms with Gasteiger partial charge in [0.05, 0.1) is 45.9 Å². The minimum absolute atomic E-state index is 0.00960. The molecule has 0 aliphatic rings. The van der Waals surface area contributed by atoms with Crippen LogP contribution in [0.15, 0.2) is 71.6 Å². The summed E-state index contributed by atoms with van der Waals surface area (Å²) in [7, 11) is 1.91. The van der Waals surface area contributed by atoms with E-state index in [1.165, 1.54) is 39.5 Å². The van der Waals surface area contributed by atoms with Gasteiger partial charge in [0.25, 0.3) is 0 Å². The van der Waals surface area contributed by atoms with Crippen molar-refractivity contribution in [1.82, 2.24) is 9.62 Å². The molecule has 1 amide bonds. The molecule has 1 N–H and O–H groups in total. The highest BCUT2D eigenvalue weighted by molar-refractivity contribution is 7.89. The van der Waals surface area contributed by atoms with Gasteiger partial charge in [0.1, 0.15) is 0 Å². The molecule has 3 aromatic carbocycles. The first kappa shape index (κ1) is 27.8. The van der Waals surface area contributed by atoms with Crippen LogP contribution in [-0.4, -0.2) is 53.6 Å². The zero-order valence-corrected chi connectivity index (χ0v) is 22.4. The standard InChI is InChI=1S/C27H32N2O7S/c1-19(21-11-13-23(33-2)25(15-21)35-4)28-27(30)18-29(17-20-9-7-6-8-10-20)37(31,32)22-12-14-24(34-3)26(16-22)36-5/h6-16,19H,17-18H2,1-5H3,(H,28,30)/t19-/m1/s1. The first-order valence-electron chi connectivity index (χ1n) is 11.5. The summed E-state index contributed by atoms with van der Waals surface area (Å²) < 4.78 is 49.6. The first-order valence-corrected chi connectivity index (χ1v) is 12.9. The molecule has 0 aliphatic carbocycles. The van der Waals surface area contributed by atoms with E-state index in [9.17, 15) is 13.2 Å². The second-order valence-electron chi connectivity index (χ2n) is 8.18. The van der Waals surface area contributed by atoms with E-state index >= 15 is 0 Å². The van der Waals surface area contributed by atoms with Crippen LogP contribution in [0.25, 0.3) is 0 Å². The average molecular weight is 529 g/mol. The molecular weight excluding hydrogens is 496 g/mol. The van der Waals surface area contributed by atoms with E-state index in [1.54, 1.807) is 31.4 Å². The van der Waals surface area contributed by atoms with E-state index in [0.29, 0.717) is 17.2 Å². The minimum Gasteiger partial charge on any atom is -0.493 e. The number of ether oxygens (including phenoxy) is 4. The van der Waals surface area contributed by atoms with Crippen LogP contribution < -0.4 is 24.3 Å². The summed E-state index contributed by atoms with van der Waals surface area (Å²) in [5, 5.41) is 2.88. The van der Waals surface area contributed by atoms with Crippen molar-refractivity contribution in [3.05, 3.63) is 77.9 Å². The topological polar surface area (TPSA) is 103 Å². The van der Waals surface area contributed by atoms with Crippen molar-refractivity contribution in [2.75, 3.05) is 35.0 Å². The van der Waals surface area contributed by atoms with Gasteiger partial charge in [0.2, 0.25) is 15.9 Å². The Morgan fingerprint density at radius 3 is 1.97 bits per heavy atom. The van der Waals surface area contributed by atoms with Crippen molar-refractivity contribution in [1.29, 1.82) is 0 Å². The van der Waals surface area contributed by atoms with Crippen LogP contribution in [0.3, 0.4) is 0 Å². The normalized spacial score (nSPS) is 12.1. The average Bonchev–Trinajstić information content (AvgIpc) is 2.92. The van der Waals surface area contributed by atoms with Crippen LogP contribution in [0, 0.1) is 0 Å². The Labute approximate surface area is 218 Å². The number of carbonyl (C=O) groups is 1. The molecule has 37 heavy (non-hydrogen) atoms. The lowest BCUT2D eigenvalue weighted by molar-refractivity contribution is -0.122. The van der Waals surface area contributed by atoms with Crippen LogP contribution in [0.4, 0.5) is 0 Å². The molecule has 0 fully saturated rings. The second kappa shape index (κ2) is 12.5. The lowest BCUT2D eigenvalue weighted by Crippen LogP contribution is -2.41. The smallest absolute Gasteiger partial charge is 0.243 e. The molecular formula is C27H32N2O7S. The van der Waals surface area contributed by atoms with Gasteiger partial charge in [-0.05, 0) is 42.3 Å². The van der Waals surface area contributed by atoms with Gasteiger partial charge in [-0.25, -0.2) is 8.42 Å². The van der Waals surface area contributed by atoms with Crippen LogP contribution in [-0.2, 0) is 21.4 Å². The van der Waals surface area contributed by atoms with Crippen molar-refractivity contribution in [3.63, 3.8) is 0 Å². The fourth-order valence-corrected chi connectivity index (χ4v) is 5.19. The number of rotatable bonds is 12. The molecule has 0 unspecified atom stereocenters. The van der Waals surface area contributed by atoms with Crippen LogP contribution in [0.2, 0.25) is 0 Å². The van der Waals surface area contributed by atoms with Gasteiger partial charge in [-0.2, -0.15) is 4.31 Å². The Balaban J connectivity index is 1.87. The summed E-state index contributed by atoms with van der Waals surface area (Å²) >= 11 is 0. The summed E-state index contributed by atoms with van der Waals surface area (Å²) in [4.78, 5) is 13.1. The van der Waals surface area contributed by atoms with Gasteiger partial charge < -0.3 is 24.3 Å². The number of hydrogen-bond donors (Lipinski definition) is 1. The molecule has 0 bridgehead atoms. The fraction of sp³-hybridized carbons (Fsp3) is 0.296. The number of sulfonamides is 1. The van der Waals surface area contributed by atoms with Gasteiger partial charge in [-0.15, -0.1) is 0 Å². The highest BCUT2D eigenvalue weighted by atomic mass is 32.2. The number of nitrogens with one attached hydrogen (secondary N) is 1. The largest absolute Gasteiger partial charge is 0.493 e. The Morgan fingerprint density at radius 1 is 0.811 bits per heavy atom. The summed E-state index contributed by atoms with van der Waals surface area (Å²) in [6.45, 7) is 1.43. The fourth-order valence-electron chi connectivity index (χ4n) is 3.79. The van der Waals surface area contributed by atoms with Crippen LogP contribution in [0.5, 0.6) is 23.0 Å². The molecule has 3 aromatic rings. The van der Waals surface area contributed by atoms with E-state index < -0.39 is 22.0 Å². The highest BCUT2D eigenvalue weighted by Crippen LogP contribution is 2.32. The number of methoxy groups -OCH3 is 4. The molecule has 10 heteroatoms. The van der Waals surface area contributed by atoms with Crippen molar-refractivity contribution in [3.8, 4) is 23.0 Å². The lowest BCUT2D eigenvalue weighted by atomic mass is 10.1. The van der Waals surface area contributed by atoms with Crippen LogP contribution in [0.1, 0.15) is 24.1 Å². The second-order valence-corrected chi connectivity index (χ2v) is 10.1. The number of amides is 1. The van der Waals surface area contributed by atoms with E-state index in [4.69, 9.17) is 18.9 Å². The molecule has 9 nitrogen and oxygen atoms in total. The van der Waals surface area contributed by atoms with Crippen molar-refractivity contribution in [2.45, 2.75) is 24.4 Å². The summed E-state index contributed by atoms with van der Waals surface area (Å²) in [5.41, 5.74) is 1.52. The number of carbonyl (C=O) groups excluding carboxylic acids is 1. The molecule has 3 rings (SSSR count). The number of benzene rings is 3. The predicted octanol–water partition coefficient (Wildman–Crippen LogP) is 3.79. The maximum Gasteiger partial charge on any atom is 0.243 e. The number of nitrogens with zero attached hydrogens (tertiary/aromatic N) is 1. The molecule has 1 atom stereocenters. The quantitative estimate of drug-likeness (QED) is 0.382. The molecule has 0 saturated carbocycles. The van der Waals surface area contributed by atoms with Gasteiger partial charge in [0, 0.05) is 12.6 Å². The van der Waals surface area contributed by atoms with E-state index in [2.05, 4.69) is 5.32 Å². The van der Waals surface area contributed by atoms with Crippen molar-refractivity contribution >= 4 is 15.9 Å². The minimum atomic E-state index is -4.07. The van der Waals surface area contributed by atoms with Gasteiger partial charge in [-0.1, -0.05) is 36.4 Å². The Morgan fingerprint density at radius 2 is 1.38 bits per heavy atom. The van der Waals surface area contributed by atoms with E-state index in [1.807, 2.05) is 31.2 Å². The highest BCUT2D eigenvalue weighted by Gasteiger charge is 2.28. The third-order valence-corrected chi connectivity index (χ3v) is 7.59. The predicted molar refractivity (Wildman–Crippen MR) is 140 cm³/mol. The zero-order valence-electron chi connectivity index (χ0n) is 21.6. The van der Waals surface area contributed by atoms with Crippen molar-refractivity contribution in [2.24, 2.45) is 0 Å². The summed E-state index contributed by atoms with van der Waals surface area (Å²) in [6.07, 6.45) is 0. The molecule has 0 heterocycles. The van der Waals surface area contributed by atoms with Crippen molar-refractivity contribution < 1.29 is 32.2 Å². The summed E-state index contributed by atoms with van der Waals surface area (Å²) in [6, 6.07) is 18.3. The monoisotopic (exact) mass is 528 g/mol. The Kier molecular flexibility index (Phi) is 9.37. The van der Waals surface area contributed by atoms with Gasteiger partial charge in [-0.3, -0.25) is 4.79 Å². The van der Waals surface area contributed by atoms with Crippen LogP contribution >= 0.6 is 0 Å². The molecule has 198 valence electrons. The zero-order chi connectivity index (χ0) is 27.0. The number of hydrogen-bond acceptors (Lipinski definition) is 7. The molecule has 0 radical (unpaired) electrons. The van der Waals surface area contributed by atoms with Gasteiger partial charge in [0.15, 0.2) is 23.0 Å². The molecule has 0 saturated heterocycles. The molecule has 0 spiro atoms. The molecule has 0 aromatic heterocycles. The summed E-state index contributed by atoms with van der Waals surface area (Å²) in [5.74, 6) is 1.32. The Bertz CT molecular complexity index is 1310. The van der Waals surface area contributed by atoms with Gasteiger partial charge >= 0.3 is 0 Å². The maximum absolute atomic E-state index is 13.7. The lowest BCUT2D eigenvalue weighted by Gasteiger charge is -2.24. The maximum atomic E-state index is 13.7. The third-order valence-electron chi connectivity index (χ3n) is 5.80. The third kappa shape index (κ3) is 6.72. The SMILES string of the molecule is COc1ccc([C@@H](C)NC(=O)CN(Cc2ccccc2)S(=O)(=O)c2ccc(OC)c(OC)c2)cc1OC. The Hall–Kier alpha value is -3.76. The molecule has 0 aliphatic heterocycles.